The standard InChI is InChI=1S/C17H17N3OS/c1-5-15(20-8-7-18-12-20)6-2-13(1)10-22-11-16-9-17(19-21-16)14-3-4-14/h1-2,5-9,12,14H,3-4,10-11H2. The zero-order valence-corrected chi connectivity index (χ0v) is 13.0. The Morgan fingerprint density at radius 1 is 1.18 bits per heavy atom. The largest absolute Gasteiger partial charge is 0.360 e. The Hall–Kier alpha value is -2.01. The van der Waals surface area contributed by atoms with E-state index in [0.717, 1.165) is 28.6 Å². The molecule has 2 heterocycles. The van der Waals surface area contributed by atoms with Gasteiger partial charge in [-0.05, 0) is 30.5 Å². The van der Waals surface area contributed by atoms with Crippen LogP contribution >= 0.6 is 11.8 Å². The van der Waals surface area contributed by atoms with E-state index in [4.69, 9.17) is 4.52 Å². The highest BCUT2D eigenvalue weighted by molar-refractivity contribution is 7.97. The van der Waals surface area contributed by atoms with Crippen molar-refractivity contribution in [2.45, 2.75) is 30.3 Å². The third-order valence-corrected chi connectivity index (χ3v) is 4.85. The topological polar surface area (TPSA) is 43.9 Å². The molecule has 112 valence electrons. The number of benzene rings is 1. The zero-order valence-electron chi connectivity index (χ0n) is 12.2. The number of thioether (sulfide) groups is 1. The first-order chi connectivity index (χ1) is 10.9. The predicted octanol–water partition coefficient (Wildman–Crippen LogP) is 4.17. The van der Waals surface area contributed by atoms with Crippen LogP contribution < -0.4 is 0 Å². The Balaban J connectivity index is 1.31. The molecule has 22 heavy (non-hydrogen) atoms. The summed E-state index contributed by atoms with van der Waals surface area (Å²) in [6.07, 6.45) is 8.08. The fraction of sp³-hybridized carbons (Fsp3) is 0.294. The lowest BCUT2D eigenvalue weighted by Gasteiger charge is -2.04. The summed E-state index contributed by atoms with van der Waals surface area (Å²) < 4.78 is 7.40. The van der Waals surface area contributed by atoms with Gasteiger partial charge in [0.05, 0.1) is 17.8 Å². The van der Waals surface area contributed by atoms with Crippen LogP contribution in [0.5, 0.6) is 0 Å². The lowest BCUT2D eigenvalue weighted by atomic mass is 10.2. The first kappa shape index (κ1) is 13.6. The smallest absolute Gasteiger partial charge is 0.146 e. The maximum Gasteiger partial charge on any atom is 0.146 e. The number of rotatable bonds is 6. The lowest BCUT2D eigenvalue weighted by Crippen LogP contribution is -1.90. The van der Waals surface area contributed by atoms with E-state index in [2.05, 4.69) is 40.5 Å². The van der Waals surface area contributed by atoms with Crippen LogP contribution in [0.25, 0.3) is 5.69 Å². The van der Waals surface area contributed by atoms with E-state index in [1.807, 2.05) is 28.9 Å². The van der Waals surface area contributed by atoms with Gasteiger partial charge >= 0.3 is 0 Å². The fourth-order valence-corrected chi connectivity index (χ4v) is 3.28. The average Bonchev–Trinajstić information content (AvgIpc) is 3.06. The van der Waals surface area contributed by atoms with E-state index in [0.29, 0.717) is 5.92 Å². The number of imidazole rings is 1. The van der Waals surface area contributed by atoms with Crippen LogP contribution in [-0.2, 0) is 11.5 Å². The highest BCUT2D eigenvalue weighted by Crippen LogP contribution is 2.39. The molecule has 0 saturated heterocycles. The lowest BCUT2D eigenvalue weighted by molar-refractivity contribution is 0.388. The van der Waals surface area contributed by atoms with Crippen molar-refractivity contribution in [1.29, 1.82) is 0 Å². The van der Waals surface area contributed by atoms with Gasteiger partial charge in [-0.25, -0.2) is 4.98 Å². The monoisotopic (exact) mass is 311 g/mol. The Morgan fingerprint density at radius 2 is 2.05 bits per heavy atom. The van der Waals surface area contributed by atoms with Gasteiger partial charge in [0.25, 0.3) is 0 Å². The van der Waals surface area contributed by atoms with Gasteiger partial charge in [-0.2, -0.15) is 0 Å². The molecular weight excluding hydrogens is 294 g/mol. The van der Waals surface area contributed by atoms with E-state index >= 15 is 0 Å². The molecule has 4 nitrogen and oxygen atoms in total. The highest BCUT2D eigenvalue weighted by atomic mass is 32.2. The van der Waals surface area contributed by atoms with Gasteiger partial charge in [0.15, 0.2) is 0 Å². The number of aromatic nitrogens is 3. The van der Waals surface area contributed by atoms with Crippen molar-refractivity contribution in [2.75, 3.05) is 0 Å². The first-order valence-electron chi connectivity index (χ1n) is 7.49. The molecule has 0 atom stereocenters. The SMILES string of the molecule is c1cn(-c2ccc(CSCc3cc(C4CC4)no3)cc2)cn1. The van der Waals surface area contributed by atoms with Crippen molar-refractivity contribution < 1.29 is 4.52 Å². The minimum atomic E-state index is 0.665. The molecule has 3 aromatic rings. The molecule has 0 radical (unpaired) electrons. The third kappa shape index (κ3) is 3.09. The van der Waals surface area contributed by atoms with Gasteiger partial charge in [0, 0.05) is 35.8 Å². The summed E-state index contributed by atoms with van der Waals surface area (Å²) in [5, 5.41) is 4.15. The van der Waals surface area contributed by atoms with Crippen molar-refractivity contribution in [3.63, 3.8) is 0 Å². The van der Waals surface area contributed by atoms with E-state index < -0.39 is 0 Å². The molecule has 0 unspecified atom stereocenters. The summed E-state index contributed by atoms with van der Waals surface area (Å²) in [5.41, 5.74) is 3.59. The summed E-state index contributed by atoms with van der Waals surface area (Å²) in [6.45, 7) is 0. The van der Waals surface area contributed by atoms with Gasteiger partial charge in [-0.1, -0.05) is 17.3 Å². The van der Waals surface area contributed by atoms with Gasteiger partial charge < -0.3 is 9.09 Å². The van der Waals surface area contributed by atoms with Crippen molar-refractivity contribution in [3.8, 4) is 5.69 Å². The quantitative estimate of drug-likeness (QED) is 0.685. The molecule has 1 aliphatic rings. The van der Waals surface area contributed by atoms with Crippen LogP contribution in [0.2, 0.25) is 0 Å². The second-order valence-corrected chi connectivity index (χ2v) is 6.61. The van der Waals surface area contributed by atoms with Crippen molar-refractivity contribution >= 4 is 11.8 Å². The Labute approximate surface area is 133 Å². The Morgan fingerprint density at radius 3 is 2.77 bits per heavy atom. The molecule has 2 aromatic heterocycles. The Kier molecular flexibility index (Phi) is 3.72. The van der Waals surface area contributed by atoms with E-state index in [9.17, 15) is 0 Å². The second kappa shape index (κ2) is 6.01. The fourth-order valence-electron chi connectivity index (χ4n) is 2.41. The summed E-state index contributed by atoms with van der Waals surface area (Å²) in [4.78, 5) is 4.07. The molecule has 1 fully saturated rings. The van der Waals surface area contributed by atoms with Gasteiger partial charge in [-0.15, -0.1) is 11.8 Å². The molecule has 4 rings (SSSR count). The maximum atomic E-state index is 5.39. The van der Waals surface area contributed by atoms with Crippen LogP contribution in [-0.4, -0.2) is 14.7 Å². The molecule has 0 spiro atoms. The van der Waals surface area contributed by atoms with Gasteiger partial charge in [-0.3, -0.25) is 0 Å². The highest BCUT2D eigenvalue weighted by Gasteiger charge is 2.26. The summed E-state index contributed by atoms with van der Waals surface area (Å²) in [5.74, 6) is 3.51. The molecule has 1 aliphatic carbocycles. The van der Waals surface area contributed by atoms with Gasteiger partial charge in [0.1, 0.15) is 5.76 Å². The predicted molar refractivity (Wildman–Crippen MR) is 87.0 cm³/mol. The summed E-state index contributed by atoms with van der Waals surface area (Å²) in [7, 11) is 0. The average molecular weight is 311 g/mol. The van der Waals surface area contributed by atoms with Crippen LogP contribution in [0.4, 0.5) is 0 Å². The number of hydrogen-bond acceptors (Lipinski definition) is 4. The summed E-state index contributed by atoms with van der Waals surface area (Å²) >= 11 is 1.86. The molecule has 0 aliphatic heterocycles. The minimum absolute atomic E-state index is 0.665. The third-order valence-electron chi connectivity index (χ3n) is 3.82. The number of nitrogens with zero attached hydrogens (tertiary/aromatic N) is 3. The molecule has 1 saturated carbocycles. The molecule has 0 N–H and O–H groups in total. The molecular formula is C17H17N3OS. The van der Waals surface area contributed by atoms with E-state index in [1.165, 1.54) is 18.4 Å². The second-order valence-electron chi connectivity index (χ2n) is 5.62. The first-order valence-corrected chi connectivity index (χ1v) is 8.64. The van der Waals surface area contributed by atoms with Crippen LogP contribution in [0, 0.1) is 0 Å². The van der Waals surface area contributed by atoms with E-state index in [1.54, 1.807) is 6.20 Å². The molecule has 0 bridgehead atoms. The molecule has 5 heteroatoms. The van der Waals surface area contributed by atoms with Crippen LogP contribution in [0.1, 0.15) is 35.8 Å². The van der Waals surface area contributed by atoms with Crippen molar-refractivity contribution in [2.24, 2.45) is 0 Å². The van der Waals surface area contributed by atoms with E-state index in [-0.39, 0.29) is 0 Å². The number of hydrogen-bond donors (Lipinski definition) is 0. The van der Waals surface area contributed by atoms with Crippen molar-refractivity contribution in [3.05, 3.63) is 66.1 Å². The normalized spacial score (nSPS) is 14.4. The Bertz CT molecular complexity index is 730. The minimum Gasteiger partial charge on any atom is -0.360 e. The van der Waals surface area contributed by atoms with Gasteiger partial charge in [0.2, 0.25) is 0 Å². The maximum absolute atomic E-state index is 5.39. The molecule has 1 aromatic carbocycles. The zero-order chi connectivity index (χ0) is 14.8. The van der Waals surface area contributed by atoms with Crippen LogP contribution in [0.3, 0.4) is 0 Å². The molecule has 0 amide bonds. The van der Waals surface area contributed by atoms with Crippen LogP contribution in [0.15, 0.2) is 53.6 Å². The van der Waals surface area contributed by atoms with Crippen molar-refractivity contribution in [1.82, 2.24) is 14.7 Å². The summed E-state index contributed by atoms with van der Waals surface area (Å²) in [6, 6.07) is 10.7.